The van der Waals surface area contributed by atoms with Crippen LogP contribution in [0.3, 0.4) is 0 Å². The summed E-state index contributed by atoms with van der Waals surface area (Å²) in [5, 5.41) is 1.90. The number of hydrazine groups is 1. The lowest BCUT2D eigenvalue weighted by Gasteiger charge is -2.31. The van der Waals surface area contributed by atoms with Crippen LogP contribution in [0.4, 0.5) is 11.4 Å². The molecule has 0 aromatic heterocycles. The Morgan fingerprint density at radius 3 is 1.65 bits per heavy atom. The Morgan fingerprint density at radius 2 is 1.10 bits per heavy atom. The van der Waals surface area contributed by atoms with Crippen molar-refractivity contribution in [2.75, 3.05) is 11.6 Å². The van der Waals surface area contributed by atoms with Crippen molar-refractivity contribution in [1.29, 1.82) is 0 Å². The molecule has 7 rings (SSSR count). The van der Waals surface area contributed by atoms with Crippen molar-refractivity contribution in [2.24, 2.45) is 0 Å². The fourth-order valence-corrected chi connectivity index (χ4v) is 6.31. The Labute approximate surface area is 287 Å². The molecular formula is C41H40N2O6. The quantitative estimate of drug-likeness (QED) is 0.0977. The zero-order valence-electron chi connectivity index (χ0n) is 27.1. The van der Waals surface area contributed by atoms with E-state index < -0.39 is 42.5 Å². The van der Waals surface area contributed by atoms with Crippen LogP contribution in [-0.4, -0.2) is 49.1 Å². The number of hydrogen-bond donors (Lipinski definition) is 1. The summed E-state index contributed by atoms with van der Waals surface area (Å²) in [6.45, 7) is 1.35. The van der Waals surface area contributed by atoms with Crippen LogP contribution in [-0.2, 0) is 48.3 Å². The third-order valence-corrected chi connectivity index (χ3v) is 8.77. The first-order valence-electron chi connectivity index (χ1n) is 16.7. The van der Waals surface area contributed by atoms with Gasteiger partial charge in [0.15, 0.2) is 12.1 Å². The molecule has 5 aromatic carbocycles. The van der Waals surface area contributed by atoms with E-state index in [4.69, 9.17) is 23.7 Å². The van der Waals surface area contributed by atoms with Crippen molar-refractivity contribution in [3.8, 4) is 0 Å². The van der Waals surface area contributed by atoms with Crippen molar-refractivity contribution >= 4 is 17.3 Å². The maximum Gasteiger partial charge on any atom is 0.328 e. The molecule has 2 fully saturated rings. The molecule has 1 unspecified atom stereocenters. The number of hydrogen-bond acceptors (Lipinski definition) is 8. The summed E-state index contributed by atoms with van der Waals surface area (Å²) in [5.74, 6) is -0.402. The van der Waals surface area contributed by atoms with E-state index in [1.165, 1.54) is 0 Å². The van der Waals surface area contributed by atoms with Gasteiger partial charge in [0, 0.05) is 0 Å². The molecule has 0 aliphatic carbocycles. The van der Waals surface area contributed by atoms with E-state index in [1.54, 1.807) is 0 Å². The van der Waals surface area contributed by atoms with Crippen LogP contribution in [0.15, 0.2) is 152 Å². The van der Waals surface area contributed by atoms with Gasteiger partial charge in [0.1, 0.15) is 24.4 Å². The molecule has 2 aliphatic heterocycles. The average Bonchev–Trinajstić information content (AvgIpc) is 3.66. The fraction of sp³-hybridized carbons (Fsp3) is 0.244. The van der Waals surface area contributed by atoms with Crippen LogP contribution >= 0.6 is 0 Å². The van der Waals surface area contributed by atoms with Gasteiger partial charge in [-0.15, -0.1) is 0 Å². The Bertz CT molecular complexity index is 1690. The van der Waals surface area contributed by atoms with Crippen LogP contribution < -0.4 is 10.4 Å². The maximum atomic E-state index is 13.6. The van der Waals surface area contributed by atoms with Gasteiger partial charge in [0.25, 0.3) is 0 Å². The highest BCUT2D eigenvalue weighted by Gasteiger charge is 2.60. The number of rotatable bonds is 15. The summed E-state index contributed by atoms with van der Waals surface area (Å²) >= 11 is 0. The molecule has 250 valence electrons. The Kier molecular flexibility index (Phi) is 10.7. The maximum absolute atomic E-state index is 13.6. The summed E-state index contributed by atoms with van der Waals surface area (Å²) in [5.41, 5.74) is 8.29. The van der Waals surface area contributed by atoms with Gasteiger partial charge < -0.3 is 23.7 Å². The smallest absolute Gasteiger partial charge is 0.328 e. The third kappa shape index (κ3) is 8.08. The highest BCUT2D eigenvalue weighted by Crippen LogP contribution is 2.38. The van der Waals surface area contributed by atoms with Gasteiger partial charge in [0.2, 0.25) is 0 Å². The monoisotopic (exact) mass is 656 g/mol. The number of anilines is 2. The Hall–Kier alpha value is -4.83. The molecule has 0 radical (unpaired) electrons. The standard InChI is InChI=1S/C41H40N2O6/c44-41-36(42-43(33-22-12-4-13-23-33)34-24-14-5-15-25-34)38-40(49-41)39(47-28-32-20-10-3-11-21-32)37(48-38)35(46-27-31-18-8-2-9-19-31)29-45-26-30-16-6-1-7-17-30/h1-25,35-40,42H,26-29H2/t35-,36?,37+,38+,39-,40-/m0/s1. The largest absolute Gasteiger partial charge is 0.455 e. The summed E-state index contributed by atoms with van der Waals surface area (Å²) in [4.78, 5) is 13.6. The summed E-state index contributed by atoms with van der Waals surface area (Å²) < 4.78 is 32.4. The van der Waals surface area contributed by atoms with Crippen molar-refractivity contribution in [1.82, 2.24) is 5.43 Å². The van der Waals surface area contributed by atoms with Crippen molar-refractivity contribution in [3.63, 3.8) is 0 Å². The zero-order valence-corrected chi connectivity index (χ0v) is 27.1. The molecule has 8 nitrogen and oxygen atoms in total. The van der Waals surface area contributed by atoms with Gasteiger partial charge in [-0.05, 0) is 41.0 Å². The van der Waals surface area contributed by atoms with Gasteiger partial charge in [0.05, 0.1) is 37.8 Å². The lowest BCUT2D eigenvalue weighted by atomic mass is 10.0. The number of carbonyl (C=O) groups excluding carboxylic acids is 1. The molecule has 6 atom stereocenters. The molecular weight excluding hydrogens is 616 g/mol. The molecule has 8 heteroatoms. The van der Waals surface area contributed by atoms with Gasteiger partial charge in [-0.2, -0.15) is 0 Å². The number of esters is 1. The zero-order chi connectivity index (χ0) is 33.3. The molecule has 0 spiro atoms. The van der Waals surface area contributed by atoms with Crippen LogP contribution in [0.25, 0.3) is 0 Å². The lowest BCUT2D eigenvalue weighted by Crippen LogP contribution is -2.51. The second-order valence-electron chi connectivity index (χ2n) is 12.2. The molecule has 2 saturated heterocycles. The topological polar surface area (TPSA) is 78.5 Å². The minimum atomic E-state index is -0.807. The third-order valence-electron chi connectivity index (χ3n) is 8.77. The van der Waals surface area contributed by atoms with Crippen LogP contribution in [0.5, 0.6) is 0 Å². The van der Waals surface area contributed by atoms with E-state index in [1.807, 2.05) is 157 Å². The number of benzene rings is 5. The number of nitrogens with zero attached hydrogens (tertiary/aromatic N) is 1. The SMILES string of the molecule is O=C1O[C@@H]2[C@@H](OCc3ccccc3)[C@@H]([C@H](COCc3ccccc3)OCc3ccccc3)O[C@@H]2C1NN(c1ccccc1)c1ccccc1. The number of nitrogens with one attached hydrogen (secondary N) is 1. The highest BCUT2D eigenvalue weighted by molar-refractivity contribution is 5.80. The highest BCUT2D eigenvalue weighted by atomic mass is 16.7. The molecule has 0 amide bonds. The first kappa shape index (κ1) is 32.7. The number of carbonyl (C=O) groups is 1. The van der Waals surface area contributed by atoms with Crippen LogP contribution in [0.1, 0.15) is 16.7 Å². The van der Waals surface area contributed by atoms with Crippen molar-refractivity contribution < 1.29 is 28.5 Å². The molecule has 2 aliphatic rings. The van der Waals surface area contributed by atoms with E-state index in [0.717, 1.165) is 28.1 Å². The second kappa shape index (κ2) is 16.0. The minimum Gasteiger partial charge on any atom is -0.455 e. The van der Waals surface area contributed by atoms with E-state index in [2.05, 4.69) is 5.43 Å². The van der Waals surface area contributed by atoms with Crippen LogP contribution in [0.2, 0.25) is 0 Å². The molecule has 5 aromatic rings. The summed E-state index contributed by atoms with van der Waals surface area (Å²) in [6, 6.07) is 48.9. The lowest BCUT2D eigenvalue weighted by molar-refractivity contribution is -0.162. The molecule has 1 N–H and O–H groups in total. The normalized spacial score (nSPS) is 22.0. The molecule has 0 bridgehead atoms. The second-order valence-corrected chi connectivity index (χ2v) is 12.2. The predicted molar refractivity (Wildman–Crippen MR) is 187 cm³/mol. The van der Waals surface area contributed by atoms with Crippen molar-refractivity contribution in [3.05, 3.63) is 168 Å². The van der Waals surface area contributed by atoms with E-state index >= 15 is 0 Å². The van der Waals surface area contributed by atoms with Crippen LogP contribution in [0, 0.1) is 0 Å². The van der Waals surface area contributed by atoms with E-state index in [0.29, 0.717) is 19.8 Å². The van der Waals surface area contributed by atoms with Crippen molar-refractivity contribution in [2.45, 2.75) is 56.4 Å². The summed E-state index contributed by atoms with van der Waals surface area (Å²) in [6.07, 6.45) is -3.02. The van der Waals surface area contributed by atoms with E-state index in [9.17, 15) is 4.79 Å². The molecule has 0 saturated carbocycles. The van der Waals surface area contributed by atoms with Gasteiger partial charge in [-0.3, -0.25) is 9.80 Å². The first-order valence-corrected chi connectivity index (χ1v) is 16.7. The molecule has 49 heavy (non-hydrogen) atoms. The average molecular weight is 657 g/mol. The van der Waals surface area contributed by atoms with Gasteiger partial charge in [-0.25, -0.2) is 5.43 Å². The number of fused-ring (bicyclic) bond motifs is 1. The van der Waals surface area contributed by atoms with Gasteiger partial charge >= 0.3 is 5.97 Å². The summed E-state index contributed by atoms with van der Waals surface area (Å²) in [7, 11) is 0. The molecule has 2 heterocycles. The Morgan fingerprint density at radius 1 is 0.612 bits per heavy atom. The predicted octanol–water partition coefficient (Wildman–Crippen LogP) is 6.78. The number of para-hydroxylation sites is 2. The van der Waals surface area contributed by atoms with E-state index in [-0.39, 0.29) is 6.61 Å². The van der Waals surface area contributed by atoms with Gasteiger partial charge in [-0.1, -0.05) is 127 Å². The fourth-order valence-electron chi connectivity index (χ4n) is 6.31. The number of ether oxygens (including phenoxy) is 5. The minimum absolute atomic E-state index is 0.253. The Balaban J connectivity index is 1.16. The first-order chi connectivity index (χ1) is 24.2.